The highest BCUT2D eigenvalue weighted by molar-refractivity contribution is 6.30. The van der Waals surface area contributed by atoms with Crippen molar-refractivity contribution < 1.29 is 18.4 Å². The van der Waals surface area contributed by atoms with Crippen molar-refractivity contribution in [3.05, 3.63) is 64.8 Å². The highest BCUT2D eigenvalue weighted by Gasteiger charge is 2.11. The number of rotatable bonds is 6. The molecule has 0 radical (unpaired) electrons. The molecular formula is C19H16ClFN2O3. The Morgan fingerprint density at radius 1 is 1.23 bits per heavy atom. The predicted octanol–water partition coefficient (Wildman–Crippen LogP) is 4.77. The SMILES string of the molecule is Cc1cc(Cl)ccc1OC(=O)CCCc1nc(-c2ccc(F)cc2)no1. The zero-order valence-electron chi connectivity index (χ0n) is 14.0. The molecule has 0 fully saturated rings. The normalized spacial score (nSPS) is 10.7. The summed E-state index contributed by atoms with van der Waals surface area (Å²) in [6.45, 7) is 1.82. The lowest BCUT2D eigenvalue weighted by Crippen LogP contribution is -2.09. The van der Waals surface area contributed by atoms with Crippen LogP contribution in [0.25, 0.3) is 11.4 Å². The lowest BCUT2D eigenvalue weighted by atomic mass is 10.2. The van der Waals surface area contributed by atoms with Crippen molar-refractivity contribution in [3.8, 4) is 17.1 Å². The number of hydrogen-bond acceptors (Lipinski definition) is 5. The number of benzene rings is 2. The molecule has 3 aromatic rings. The molecule has 0 atom stereocenters. The van der Waals surface area contributed by atoms with E-state index in [-0.39, 0.29) is 18.2 Å². The van der Waals surface area contributed by atoms with Crippen LogP contribution in [-0.4, -0.2) is 16.1 Å². The molecule has 26 heavy (non-hydrogen) atoms. The van der Waals surface area contributed by atoms with Crippen molar-refractivity contribution in [2.24, 2.45) is 0 Å². The summed E-state index contributed by atoms with van der Waals surface area (Å²) in [5.74, 6) is 0.635. The molecule has 3 rings (SSSR count). The molecule has 0 saturated carbocycles. The first kappa shape index (κ1) is 18.1. The van der Waals surface area contributed by atoms with E-state index in [4.69, 9.17) is 20.9 Å². The van der Waals surface area contributed by atoms with Gasteiger partial charge in [0, 0.05) is 23.4 Å². The number of carbonyl (C=O) groups excluding carboxylic acids is 1. The molecule has 0 spiro atoms. The van der Waals surface area contributed by atoms with Crippen LogP contribution in [0.15, 0.2) is 47.0 Å². The van der Waals surface area contributed by atoms with Crippen LogP contribution in [0, 0.1) is 12.7 Å². The van der Waals surface area contributed by atoms with Crippen molar-refractivity contribution in [3.63, 3.8) is 0 Å². The van der Waals surface area contributed by atoms with Gasteiger partial charge in [0.05, 0.1) is 0 Å². The summed E-state index contributed by atoms with van der Waals surface area (Å²) in [6.07, 6.45) is 1.18. The van der Waals surface area contributed by atoms with Crippen LogP contribution in [0.1, 0.15) is 24.3 Å². The van der Waals surface area contributed by atoms with E-state index in [1.165, 1.54) is 12.1 Å². The lowest BCUT2D eigenvalue weighted by Gasteiger charge is -2.07. The zero-order chi connectivity index (χ0) is 18.5. The Labute approximate surface area is 154 Å². The monoisotopic (exact) mass is 374 g/mol. The van der Waals surface area contributed by atoms with Crippen LogP contribution in [-0.2, 0) is 11.2 Å². The molecule has 0 unspecified atom stereocenters. The Kier molecular flexibility index (Phi) is 5.63. The molecule has 0 aliphatic carbocycles. The van der Waals surface area contributed by atoms with Gasteiger partial charge in [0.1, 0.15) is 11.6 Å². The Morgan fingerprint density at radius 2 is 2.00 bits per heavy atom. The van der Waals surface area contributed by atoms with Crippen LogP contribution < -0.4 is 4.74 Å². The minimum absolute atomic E-state index is 0.219. The molecule has 0 aliphatic heterocycles. The summed E-state index contributed by atoms with van der Waals surface area (Å²) in [6, 6.07) is 10.9. The maximum atomic E-state index is 12.9. The standard InChI is InChI=1S/C19H16ClFN2O3/c1-12-11-14(20)7-10-16(12)25-18(24)4-2-3-17-22-19(23-26-17)13-5-8-15(21)9-6-13/h5-11H,2-4H2,1H3. The molecule has 0 aliphatic rings. The van der Waals surface area contributed by atoms with E-state index in [9.17, 15) is 9.18 Å². The van der Waals surface area contributed by atoms with Crippen LogP contribution in [0.3, 0.4) is 0 Å². The number of hydrogen-bond donors (Lipinski definition) is 0. The molecule has 2 aromatic carbocycles. The average molecular weight is 375 g/mol. The fourth-order valence-corrected chi connectivity index (χ4v) is 2.58. The fourth-order valence-electron chi connectivity index (χ4n) is 2.36. The third-order valence-electron chi connectivity index (χ3n) is 3.70. The third-order valence-corrected chi connectivity index (χ3v) is 3.94. The van der Waals surface area contributed by atoms with Gasteiger partial charge in [0.2, 0.25) is 11.7 Å². The lowest BCUT2D eigenvalue weighted by molar-refractivity contribution is -0.134. The largest absolute Gasteiger partial charge is 0.426 e. The van der Waals surface area contributed by atoms with E-state index in [2.05, 4.69) is 10.1 Å². The minimum atomic E-state index is -0.339. The maximum absolute atomic E-state index is 12.9. The smallest absolute Gasteiger partial charge is 0.311 e. The maximum Gasteiger partial charge on any atom is 0.311 e. The van der Waals surface area contributed by atoms with Gasteiger partial charge < -0.3 is 9.26 Å². The first-order chi connectivity index (χ1) is 12.5. The molecule has 0 saturated heterocycles. The van der Waals surface area contributed by atoms with Crippen LogP contribution in [0.5, 0.6) is 5.75 Å². The predicted molar refractivity (Wildman–Crippen MR) is 94.5 cm³/mol. The Bertz CT molecular complexity index is 909. The number of carbonyl (C=O) groups is 1. The zero-order valence-corrected chi connectivity index (χ0v) is 14.8. The molecule has 7 heteroatoms. The number of aromatic nitrogens is 2. The van der Waals surface area contributed by atoms with Crippen molar-refractivity contribution in [1.82, 2.24) is 10.1 Å². The van der Waals surface area contributed by atoms with E-state index in [0.717, 1.165) is 5.56 Å². The summed E-state index contributed by atoms with van der Waals surface area (Å²) in [7, 11) is 0. The number of nitrogens with zero attached hydrogens (tertiary/aromatic N) is 2. The summed E-state index contributed by atoms with van der Waals surface area (Å²) >= 11 is 5.88. The number of halogens is 2. The van der Waals surface area contributed by atoms with Gasteiger partial charge in [0.15, 0.2) is 0 Å². The average Bonchev–Trinajstić information content (AvgIpc) is 3.07. The first-order valence-electron chi connectivity index (χ1n) is 8.06. The second kappa shape index (κ2) is 8.10. The quantitative estimate of drug-likeness (QED) is 0.459. The summed E-state index contributed by atoms with van der Waals surface area (Å²) in [5, 5.41) is 4.46. The van der Waals surface area contributed by atoms with Gasteiger partial charge in [-0.2, -0.15) is 4.98 Å². The van der Waals surface area contributed by atoms with E-state index < -0.39 is 0 Å². The van der Waals surface area contributed by atoms with Gasteiger partial charge in [-0.3, -0.25) is 4.79 Å². The molecule has 1 aromatic heterocycles. The van der Waals surface area contributed by atoms with Crippen LogP contribution in [0.2, 0.25) is 5.02 Å². The van der Waals surface area contributed by atoms with Gasteiger partial charge in [-0.15, -0.1) is 0 Å². The number of ether oxygens (including phenoxy) is 1. The van der Waals surface area contributed by atoms with Gasteiger partial charge in [-0.25, -0.2) is 4.39 Å². The summed E-state index contributed by atoms with van der Waals surface area (Å²) in [5.41, 5.74) is 1.46. The van der Waals surface area contributed by atoms with Crippen LogP contribution >= 0.6 is 11.6 Å². The van der Waals surface area contributed by atoms with Gasteiger partial charge in [0.25, 0.3) is 0 Å². The highest BCUT2D eigenvalue weighted by Crippen LogP contribution is 2.22. The van der Waals surface area contributed by atoms with Gasteiger partial charge in [-0.1, -0.05) is 16.8 Å². The van der Waals surface area contributed by atoms with E-state index in [1.54, 1.807) is 30.3 Å². The Hall–Kier alpha value is -2.73. The molecule has 0 bridgehead atoms. The molecule has 134 valence electrons. The molecule has 5 nitrogen and oxygen atoms in total. The Balaban J connectivity index is 1.50. The fraction of sp³-hybridized carbons (Fsp3) is 0.211. The second-order valence-electron chi connectivity index (χ2n) is 5.76. The highest BCUT2D eigenvalue weighted by atomic mass is 35.5. The van der Waals surface area contributed by atoms with Gasteiger partial charge in [-0.05, 0) is 61.4 Å². The molecule has 1 heterocycles. The minimum Gasteiger partial charge on any atom is -0.426 e. The van der Waals surface area contributed by atoms with E-state index in [0.29, 0.717) is 40.9 Å². The van der Waals surface area contributed by atoms with Crippen molar-refractivity contribution >= 4 is 17.6 Å². The summed E-state index contributed by atoms with van der Waals surface area (Å²) in [4.78, 5) is 16.2. The van der Waals surface area contributed by atoms with Gasteiger partial charge >= 0.3 is 5.97 Å². The molecule has 0 amide bonds. The van der Waals surface area contributed by atoms with Crippen molar-refractivity contribution in [2.45, 2.75) is 26.2 Å². The van der Waals surface area contributed by atoms with Crippen LogP contribution in [0.4, 0.5) is 4.39 Å². The molecular weight excluding hydrogens is 359 g/mol. The van der Waals surface area contributed by atoms with E-state index in [1.807, 2.05) is 6.92 Å². The number of aryl methyl sites for hydroxylation is 2. The first-order valence-corrected chi connectivity index (χ1v) is 8.44. The third kappa shape index (κ3) is 4.67. The van der Waals surface area contributed by atoms with Crippen molar-refractivity contribution in [2.75, 3.05) is 0 Å². The Morgan fingerprint density at radius 3 is 2.73 bits per heavy atom. The topological polar surface area (TPSA) is 65.2 Å². The van der Waals surface area contributed by atoms with Crippen molar-refractivity contribution in [1.29, 1.82) is 0 Å². The molecule has 0 N–H and O–H groups in total. The van der Waals surface area contributed by atoms with E-state index >= 15 is 0 Å². The number of esters is 1. The second-order valence-corrected chi connectivity index (χ2v) is 6.19. The summed E-state index contributed by atoms with van der Waals surface area (Å²) < 4.78 is 23.4.